The zero-order valence-electron chi connectivity index (χ0n) is 10.7. The maximum atomic E-state index is 11.8. The third kappa shape index (κ3) is 6.10. The summed E-state index contributed by atoms with van der Waals surface area (Å²) in [5, 5.41) is 3.19. The van der Waals surface area contributed by atoms with Gasteiger partial charge in [0.1, 0.15) is 0 Å². The number of carbonyl (C=O) groups is 1. The van der Waals surface area contributed by atoms with Crippen LogP contribution in [0.15, 0.2) is 12.7 Å². The summed E-state index contributed by atoms with van der Waals surface area (Å²) < 4.78 is 0. The van der Waals surface area contributed by atoms with Gasteiger partial charge < -0.3 is 15.1 Å². The molecular weight excluding hydrogens is 234 g/mol. The molecule has 1 aliphatic rings. The Balaban J connectivity index is 2.02. The lowest BCUT2D eigenvalue weighted by molar-refractivity contribution is -0.131. The molecule has 1 N–H and O–H groups in total. The topological polar surface area (TPSA) is 35.6 Å². The largest absolute Gasteiger partial charge is 0.339 e. The van der Waals surface area contributed by atoms with Crippen molar-refractivity contribution in [3.05, 3.63) is 12.7 Å². The van der Waals surface area contributed by atoms with Gasteiger partial charge >= 0.3 is 0 Å². The van der Waals surface area contributed by atoms with Crippen LogP contribution in [0, 0.1) is 0 Å². The van der Waals surface area contributed by atoms with Crippen molar-refractivity contribution >= 4 is 17.7 Å². The fourth-order valence-corrected chi connectivity index (χ4v) is 2.30. The van der Waals surface area contributed by atoms with Crippen LogP contribution in [0.5, 0.6) is 0 Å². The maximum absolute atomic E-state index is 11.8. The Kier molecular flexibility index (Phi) is 7.32. The first-order valence-electron chi connectivity index (χ1n) is 6.09. The number of rotatable bonds is 7. The Hall–Kier alpha value is -0.520. The van der Waals surface area contributed by atoms with Gasteiger partial charge in [-0.1, -0.05) is 6.08 Å². The van der Waals surface area contributed by atoms with Crippen molar-refractivity contribution in [3.8, 4) is 0 Å². The highest BCUT2D eigenvalue weighted by Crippen LogP contribution is 1.99. The summed E-state index contributed by atoms with van der Waals surface area (Å²) in [5.74, 6) is 2.24. The predicted molar refractivity (Wildman–Crippen MR) is 74.5 cm³/mol. The quantitative estimate of drug-likeness (QED) is 0.524. The second kappa shape index (κ2) is 8.55. The van der Waals surface area contributed by atoms with Gasteiger partial charge in [-0.2, -0.15) is 11.8 Å². The smallest absolute Gasteiger partial charge is 0.236 e. The molecule has 17 heavy (non-hydrogen) atoms. The van der Waals surface area contributed by atoms with E-state index in [1.807, 2.05) is 22.7 Å². The summed E-state index contributed by atoms with van der Waals surface area (Å²) in [7, 11) is 2.09. The standard InChI is InChI=1S/C12H23N3OS/c1-3-9-17-10-4-13-11-12(16)15-7-5-14(2)6-8-15/h3,13H,1,4-11H2,2H3. The summed E-state index contributed by atoms with van der Waals surface area (Å²) >= 11 is 1.83. The summed E-state index contributed by atoms with van der Waals surface area (Å²) in [4.78, 5) is 16.0. The minimum Gasteiger partial charge on any atom is -0.339 e. The Morgan fingerprint density at radius 3 is 2.76 bits per heavy atom. The molecule has 0 atom stereocenters. The lowest BCUT2D eigenvalue weighted by atomic mass is 10.3. The third-order valence-corrected chi connectivity index (χ3v) is 3.76. The molecule has 1 fully saturated rings. The third-order valence-electron chi connectivity index (χ3n) is 2.79. The van der Waals surface area contributed by atoms with Crippen LogP contribution >= 0.6 is 11.8 Å². The molecule has 0 radical (unpaired) electrons. The van der Waals surface area contributed by atoms with E-state index in [1.165, 1.54) is 0 Å². The molecule has 0 aromatic rings. The molecule has 1 rings (SSSR count). The molecule has 0 spiro atoms. The fraction of sp³-hybridized carbons (Fsp3) is 0.750. The van der Waals surface area contributed by atoms with Gasteiger partial charge in [0, 0.05) is 44.2 Å². The Labute approximate surface area is 108 Å². The minimum absolute atomic E-state index is 0.229. The molecule has 0 saturated carbocycles. The number of hydrogen-bond donors (Lipinski definition) is 1. The van der Waals surface area contributed by atoms with Crippen LogP contribution in [0.1, 0.15) is 0 Å². The second-order valence-electron chi connectivity index (χ2n) is 4.22. The van der Waals surface area contributed by atoms with E-state index in [1.54, 1.807) is 0 Å². The predicted octanol–water partition coefficient (Wildman–Crippen LogP) is 0.269. The van der Waals surface area contributed by atoms with Crippen molar-refractivity contribution in [1.29, 1.82) is 0 Å². The van der Waals surface area contributed by atoms with Crippen molar-refractivity contribution in [3.63, 3.8) is 0 Å². The first-order chi connectivity index (χ1) is 8.24. The number of nitrogens with zero attached hydrogens (tertiary/aromatic N) is 2. The molecule has 0 aliphatic carbocycles. The number of hydrogen-bond acceptors (Lipinski definition) is 4. The van der Waals surface area contributed by atoms with E-state index < -0.39 is 0 Å². The van der Waals surface area contributed by atoms with Crippen molar-refractivity contribution in [1.82, 2.24) is 15.1 Å². The van der Waals surface area contributed by atoms with Gasteiger partial charge in [-0.25, -0.2) is 0 Å². The van der Waals surface area contributed by atoms with Crippen molar-refractivity contribution < 1.29 is 4.79 Å². The van der Waals surface area contributed by atoms with Gasteiger partial charge in [0.2, 0.25) is 5.91 Å². The number of likely N-dealkylation sites (N-methyl/N-ethyl adjacent to an activating group) is 1. The first-order valence-corrected chi connectivity index (χ1v) is 7.25. The van der Waals surface area contributed by atoms with Gasteiger partial charge in [-0.3, -0.25) is 4.79 Å². The molecular formula is C12H23N3OS. The van der Waals surface area contributed by atoms with Gasteiger partial charge in [0.25, 0.3) is 0 Å². The SMILES string of the molecule is C=CCSCCNCC(=O)N1CCN(C)CC1. The van der Waals surface area contributed by atoms with Gasteiger partial charge in [-0.15, -0.1) is 6.58 Å². The van der Waals surface area contributed by atoms with Crippen molar-refractivity contribution in [2.24, 2.45) is 0 Å². The molecule has 5 heteroatoms. The Morgan fingerprint density at radius 2 is 2.12 bits per heavy atom. The van der Waals surface area contributed by atoms with E-state index in [0.29, 0.717) is 6.54 Å². The number of thioether (sulfide) groups is 1. The molecule has 1 aliphatic heterocycles. The summed E-state index contributed by atoms with van der Waals surface area (Å²) in [6.07, 6.45) is 1.90. The Bertz CT molecular complexity index is 240. The van der Waals surface area contributed by atoms with Crippen LogP contribution in [-0.4, -0.2) is 73.5 Å². The van der Waals surface area contributed by atoms with Crippen LogP contribution in [0.2, 0.25) is 0 Å². The summed E-state index contributed by atoms with van der Waals surface area (Å²) in [6, 6.07) is 0. The van der Waals surface area contributed by atoms with Gasteiger partial charge in [0.05, 0.1) is 6.54 Å². The molecule has 98 valence electrons. The van der Waals surface area contributed by atoms with Crippen molar-refractivity contribution in [2.75, 3.05) is 57.8 Å². The summed E-state index contributed by atoms with van der Waals surface area (Å²) in [5.41, 5.74) is 0. The molecule has 0 aromatic carbocycles. The van der Waals surface area contributed by atoms with Crippen LogP contribution in [0.3, 0.4) is 0 Å². The summed E-state index contributed by atoms with van der Waals surface area (Å²) in [6.45, 7) is 8.73. The van der Waals surface area contributed by atoms with E-state index in [0.717, 1.165) is 44.2 Å². The van der Waals surface area contributed by atoms with Crippen LogP contribution in [0.25, 0.3) is 0 Å². The highest BCUT2D eigenvalue weighted by molar-refractivity contribution is 7.99. The van der Waals surface area contributed by atoms with Crippen LogP contribution in [0.4, 0.5) is 0 Å². The number of piperazine rings is 1. The fourth-order valence-electron chi connectivity index (χ4n) is 1.67. The molecule has 1 saturated heterocycles. The van der Waals surface area contributed by atoms with Crippen LogP contribution in [-0.2, 0) is 4.79 Å². The van der Waals surface area contributed by atoms with Crippen molar-refractivity contribution in [2.45, 2.75) is 0 Å². The van der Waals surface area contributed by atoms with Gasteiger partial charge in [-0.05, 0) is 7.05 Å². The average molecular weight is 257 g/mol. The number of amides is 1. The molecule has 4 nitrogen and oxygen atoms in total. The maximum Gasteiger partial charge on any atom is 0.236 e. The van der Waals surface area contributed by atoms with Crippen LogP contribution < -0.4 is 5.32 Å². The molecule has 0 bridgehead atoms. The minimum atomic E-state index is 0.229. The van der Waals surface area contributed by atoms with E-state index in [2.05, 4.69) is 23.8 Å². The molecule has 1 heterocycles. The lowest BCUT2D eigenvalue weighted by Crippen LogP contribution is -2.49. The van der Waals surface area contributed by atoms with E-state index in [4.69, 9.17) is 0 Å². The first kappa shape index (κ1) is 14.5. The van der Waals surface area contributed by atoms with Gasteiger partial charge in [0.15, 0.2) is 0 Å². The zero-order valence-corrected chi connectivity index (χ0v) is 11.5. The Morgan fingerprint density at radius 1 is 1.41 bits per heavy atom. The van der Waals surface area contributed by atoms with E-state index >= 15 is 0 Å². The molecule has 0 unspecified atom stereocenters. The zero-order chi connectivity index (χ0) is 12.5. The second-order valence-corrected chi connectivity index (χ2v) is 5.37. The normalized spacial score (nSPS) is 17.1. The average Bonchev–Trinajstić information content (AvgIpc) is 2.34. The molecule has 1 amide bonds. The number of nitrogens with one attached hydrogen (secondary N) is 1. The highest BCUT2D eigenvalue weighted by atomic mass is 32.2. The van der Waals surface area contributed by atoms with E-state index in [-0.39, 0.29) is 5.91 Å². The number of carbonyl (C=O) groups excluding carboxylic acids is 1. The molecule has 0 aromatic heterocycles. The lowest BCUT2D eigenvalue weighted by Gasteiger charge is -2.32. The van der Waals surface area contributed by atoms with E-state index in [9.17, 15) is 4.79 Å². The monoisotopic (exact) mass is 257 g/mol. The highest BCUT2D eigenvalue weighted by Gasteiger charge is 2.17.